The Morgan fingerprint density at radius 2 is 2.15 bits per heavy atom. The van der Waals surface area contributed by atoms with Crippen molar-refractivity contribution in [2.75, 3.05) is 5.75 Å². The van der Waals surface area contributed by atoms with Gasteiger partial charge in [-0.15, -0.1) is 0 Å². The van der Waals surface area contributed by atoms with Crippen molar-refractivity contribution in [1.29, 1.82) is 0 Å². The van der Waals surface area contributed by atoms with Crippen molar-refractivity contribution in [3.8, 4) is 0 Å². The zero-order valence-corrected chi connectivity index (χ0v) is 8.28. The molecule has 0 aromatic carbocycles. The molecule has 72 valence electrons. The maximum absolute atomic E-state index is 9.52. The monoisotopic (exact) mass is 199 g/mol. The summed E-state index contributed by atoms with van der Waals surface area (Å²) in [5, 5.41) is 18.8. The number of aliphatic hydroxyl groups is 2. The number of thiol groups is 1. The van der Waals surface area contributed by atoms with Gasteiger partial charge in [-0.3, -0.25) is 4.98 Å². The molecule has 13 heavy (non-hydrogen) atoms. The molecule has 2 unspecified atom stereocenters. The van der Waals surface area contributed by atoms with Crippen LogP contribution >= 0.6 is 12.6 Å². The Labute approximate surface area is 82.9 Å². The Balaban J connectivity index is 2.77. The fourth-order valence-corrected chi connectivity index (χ4v) is 1.15. The van der Waals surface area contributed by atoms with E-state index in [1.165, 1.54) is 0 Å². The predicted molar refractivity (Wildman–Crippen MR) is 53.8 cm³/mol. The minimum Gasteiger partial charge on any atom is -0.389 e. The summed E-state index contributed by atoms with van der Waals surface area (Å²) in [5.74, 6) is 0.219. The van der Waals surface area contributed by atoms with Crippen molar-refractivity contribution in [2.24, 2.45) is 0 Å². The molecule has 2 atom stereocenters. The molecule has 0 aliphatic heterocycles. The normalized spacial score (nSPS) is 15.4. The molecule has 3 nitrogen and oxygen atoms in total. The molecule has 1 aromatic rings. The number of pyridine rings is 1. The number of aromatic nitrogens is 1. The van der Waals surface area contributed by atoms with Gasteiger partial charge < -0.3 is 10.2 Å². The molecule has 4 heteroatoms. The second kappa shape index (κ2) is 4.60. The van der Waals surface area contributed by atoms with Crippen LogP contribution in [0.25, 0.3) is 0 Å². The summed E-state index contributed by atoms with van der Waals surface area (Å²) in [6.45, 7) is 1.91. The van der Waals surface area contributed by atoms with E-state index in [1.54, 1.807) is 12.3 Å². The van der Waals surface area contributed by atoms with E-state index in [-0.39, 0.29) is 5.75 Å². The number of nitrogens with zero attached hydrogens (tertiary/aromatic N) is 1. The highest BCUT2D eigenvalue weighted by Crippen LogP contribution is 2.15. The second-order valence-electron chi connectivity index (χ2n) is 2.96. The summed E-state index contributed by atoms with van der Waals surface area (Å²) in [4.78, 5) is 4.00. The molecule has 2 N–H and O–H groups in total. The molecule has 0 saturated heterocycles. The van der Waals surface area contributed by atoms with Crippen molar-refractivity contribution in [3.05, 3.63) is 29.6 Å². The van der Waals surface area contributed by atoms with Crippen molar-refractivity contribution in [2.45, 2.75) is 19.1 Å². The Bertz CT molecular complexity index is 263. The van der Waals surface area contributed by atoms with Crippen LogP contribution in [0.3, 0.4) is 0 Å². The maximum atomic E-state index is 9.52. The Kier molecular flexibility index (Phi) is 3.71. The summed E-state index contributed by atoms with van der Waals surface area (Å²) in [7, 11) is 0. The number of hydrogen-bond acceptors (Lipinski definition) is 4. The number of aryl methyl sites for hydroxylation is 1. The van der Waals surface area contributed by atoms with E-state index in [4.69, 9.17) is 0 Å². The number of rotatable bonds is 3. The first-order valence-electron chi connectivity index (χ1n) is 4.04. The fourth-order valence-electron chi connectivity index (χ4n) is 0.951. The van der Waals surface area contributed by atoms with E-state index in [2.05, 4.69) is 17.6 Å². The van der Waals surface area contributed by atoms with Gasteiger partial charge in [0.05, 0.1) is 11.8 Å². The van der Waals surface area contributed by atoms with E-state index in [0.717, 1.165) is 5.56 Å². The first-order chi connectivity index (χ1) is 6.15. The molecule has 0 saturated carbocycles. The molecule has 0 amide bonds. The van der Waals surface area contributed by atoms with Crippen LogP contribution in [0.4, 0.5) is 0 Å². The van der Waals surface area contributed by atoms with Crippen LogP contribution in [0.1, 0.15) is 17.4 Å². The van der Waals surface area contributed by atoms with Crippen LogP contribution in [0.5, 0.6) is 0 Å². The summed E-state index contributed by atoms with van der Waals surface area (Å²) >= 11 is 3.89. The molecule has 0 aliphatic rings. The molecular formula is C9H13NO2S. The summed E-state index contributed by atoms with van der Waals surface area (Å²) in [6, 6.07) is 3.55. The topological polar surface area (TPSA) is 53.4 Å². The van der Waals surface area contributed by atoms with Gasteiger partial charge >= 0.3 is 0 Å². The largest absolute Gasteiger partial charge is 0.389 e. The van der Waals surface area contributed by atoms with Gasteiger partial charge in [0, 0.05) is 11.9 Å². The second-order valence-corrected chi connectivity index (χ2v) is 3.32. The molecule has 0 fully saturated rings. The lowest BCUT2D eigenvalue weighted by Crippen LogP contribution is -2.20. The van der Waals surface area contributed by atoms with Gasteiger partial charge in [0.1, 0.15) is 6.10 Å². The van der Waals surface area contributed by atoms with Crippen molar-refractivity contribution in [3.63, 3.8) is 0 Å². The smallest absolute Gasteiger partial charge is 0.122 e. The zero-order chi connectivity index (χ0) is 9.84. The molecular weight excluding hydrogens is 186 g/mol. The van der Waals surface area contributed by atoms with E-state index in [1.807, 2.05) is 13.0 Å². The maximum Gasteiger partial charge on any atom is 0.122 e. The summed E-state index contributed by atoms with van der Waals surface area (Å²) in [5.41, 5.74) is 1.50. The lowest BCUT2D eigenvalue weighted by molar-refractivity contribution is 0.0310. The van der Waals surface area contributed by atoms with Crippen molar-refractivity contribution >= 4 is 12.6 Å². The van der Waals surface area contributed by atoms with Crippen LogP contribution in [0.15, 0.2) is 18.3 Å². The number of aliphatic hydroxyl groups excluding tert-OH is 2. The molecule has 0 spiro atoms. The highest BCUT2D eigenvalue weighted by Gasteiger charge is 2.17. The standard InChI is InChI=1S/C9H13NO2S/c1-6-2-3-7(10-4-6)9(12)8(11)5-13/h2-4,8-9,11-13H,5H2,1H3. The van der Waals surface area contributed by atoms with Gasteiger partial charge in [-0.2, -0.15) is 12.6 Å². The van der Waals surface area contributed by atoms with Gasteiger partial charge in [0.15, 0.2) is 0 Å². The predicted octanol–water partition coefficient (Wildman–Crippen LogP) is 0.714. The van der Waals surface area contributed by atoms with E-state index < -0.39 is 12.2 Å². The fraction of sp³-hybridized carbons (Fsp3) is 0.444. The highest BCUT2D eigenvalue weighted by molar-refractivity contribution is 7.80. The van der Waals surface area contributed by atoms with Crippen LogP contribution in [0.2, 0.25) is 0 Å². The van der Waals surface area contributed by atoms with Crippen LogP contribution in [0, 0.1) is 6.92 Å². The van der Waals surface area contributed by atoms with Crippen LogP contribution in [-0.4, -0.2) is 27.1 Å². The van der Waals surface area contributed by atoms with Gasteiger partial charge in [-0.25, -0.2) is 0 Å². The van der Waals surface area contributed by atoms with Crippen LogP contribution < -0.4 is 0 Å². The molecule has 1 aromatic heterocycles. The first kappa shape index (κ1) is 10.5. The van der Waals surface area contributed by atoms with Gasteiger partial charge in [0.2, 0.25) is 0 Å². The third-order valence-electron chi connectivity index (χ3n) is 1.79. The third-order valence-corrected chi connectivity index (χ3v) is 2.16. The highest BCUT2D eigenvalue weighted by atomic mass is 32.1. The van der Waals surface area contributed by atoms with E-state index >= 15 is 0 Å². The third kappa shape index (κ3) is 2.69. The summed E-state index contributed by atoms with van der Waals surface area (Å²) < 4.78 is 0. The average molecular weight is 199 g/mol. The quantitative estimate of drug-likeness (QED) is 0.629. The summed E-state index contributed by atoms with van der Waals surface area (Å²) in [6.07, 6.45) is -0.152. The minimum atomic E-state index is -0.946. The molecule has 1 rings (SSSR count). The molecule has 0 bridgehead atoms. The average Bonchev–Trinajstić information content (AvgIpc) is 2.17. The van der Waals surface area contributed by atoms with Gasteiger partial charge in [-0.1, -0.05) is 6.07 Å². The Morgan fingerprint density at radius 1 is 1.46 bits per heavy atom. The van der Waals surface area contributed by atoms with Gasteiger partial charge in [0.25, 0.3) is 0 Å². The minimum absolute atomic E-state index is 0.219. The Morgan fingerprint density at radius 3 is 2.62 bits per heavy atom. The lowest BCUT2D eigenvalue weighted by atomic mass is 10.1. The Hall–Kier alpha value is -0.580. The SMILES string of the molecule is Cc1ccc(C(O)C(O)CS)nc1. The van der Waals surface area contributed by atoms with Crippen LogP contribution in [-0.2, 0) is 0 Å². The molecule has 0 radical (unpaired) electrons. The van der Waals surface area contributed by atoms with E-state index in [9.17, 15) is 10.2 Å². The van der Waals surface area contributed by atoms with Gasteiger partial charge in [-0.05, 0) is 18.6 Å². The first-order valence-corrected chi connectivity index (χ1v) is 4.68. The zero-order valence-electron chi connectivity index (χ0n) is 7.38. The van der Waals surface area contributed by atoms with Crippen molar-refractivity contribution in [1.82, 2.24) is 4.98 Å². The lowest BCUT2D eigenvalue weighted by Gasteiger charge is -2.14. The number of hydrogen-bond donors (Lipinski definition) is 3. The molecule has 1 heterocycles. The van der Waals surface area contributed by atoms with Crippen molar-refractivity contribution < 1.29 is 10.2 Å². The van der Waals surface area contributed by atoms with E-state index in [0.29, 0.717) is 5.69 Å². The molecule has 0 aliphatic carbocycles.